The van der Waals surface area contributed by atoms with Crippen molar-refractivity contribution in [2.24, 2.45) is 0 Å². The Morgan fingerprint density at radius 1 is 0.783 bits per heavy atom. The van der Waals surface area contributed by atoms with Crippen molar-refractivity contribution in [1.82, 2.24) is 0 Å². The Morgan fingerprint density at radius 3 is 1.91 bits per heavy atom. The number of esters is 1. The van der Waals surface area contributed by atoms with Crippen molar-refractivity contribution in [1.29, 1.82) is 0 Å². The highest BCUT2D eigenvalue weighted by atomic mass is 16.5. The molecule has 0 aromatic heterocycles. The van der Waals surface area contributed by atoms with Crippen molar-refractivity contribution < 1.29 is 9.53 Å². The molecule has 0 saturated carbocycles. The van der Waals surface area contributed by atoms with Crippen LogP contribution in [0.3, 0.4) is 0 Å². The van der Waals surface area contributed by atoms with E-state index in [4.69, 9.17) is 4.74 Å². The van der Waals surface area contributed by atoms with Crippen LogP contribution in [0.4, 0.5) is 0 Å². The highest BCUT2D eigenvalue weighted by molar-refractivity contribution is 5.69. The lowest BCUT2D eigenvalue weighted by atomic mass is 10.1. The van der Waals surface area contributed by atoms with Gasteiger partial charge in [-0.05, 0) is 25.7 Å². The summed E-state index contributed by atoms with van der Waals surface area (Å²) in [4.78, 5) is 11.6. The predicted molar refractivity (Wildman–Crippen MR) is 101 cm³/mol. The number of hydrogen-bond acceptors (Lipinski definition) is 2. The van der Waals surface area contributed by atoms with Crippen LogP contribution in [0.2, 0.25) is 0 Å². The third-order valence-electron chi connectivity index (χ3n) is 4.30. The van der Waals surface area contributed by atoms with Crippen LogP contribution in [0.25, 0.3) is 0 Å². The Bertz CT molecular complexity index is 261. The van der Waals surface area contributed by atoms with Gasteiger partial charge in [-0.25, -0.2) is 0 Å². The van der Waals surface area contributed by atoms with Gasteiger partial charge in [-0.15, -0.1) is 6.58 Å². The first-order valence-corrected chi connectivity index (χ1v) is 10.1. The van der Waals surface area contributed by atoms with Gasteiger partial charge in [0.2, 0.25) is 0 Å². The van der Waals surface area contributed by atoms with Crippen molar-refractivity contribution in [3.63, 3.8) is 0 Å². The van der Waals surface area contributed by atoms with Crippen molar-refractivity contribution in [3.05, 3.63) is 12.7 Å². The van der Waals surface area contributed by atoms with Gasteiger partial charge < -0.3 is 4.74 Å². The largest absolute Gasteiger partial charge is 0.466 e. The van der Waals surface area contributed by atoms with Gasteiger partial charge in [0.15, 0.2) is 0 Å². The fourth-order valence-electron chi connectivity index (χ4n) is 2.76. The summed E-state index contributed by atoms with van der Waals surface area (Å²) in [6.45, 7) is 6.59. The summed E-state index contributed by atoms with van der Waals surface area (Å²) in [5.74, 6) is 0.00182. The van der Waals surface area contributed by atoms with Crippen LogP contribution in [-0.4, -0.2) is 12.6 Å². The number of hydrogen-bond donors (Lipinski definition) is 0. The van der Waals surface area contributed by atoms with Gasteiger partial charge in [-0.1, -0.05) is 83.6 Å². The van der Waals surface area contributed by atoms with Crippen LogP contribution in [0, 0.1) is 0 Å². The number of ether oxygens (including phenoxy) is 1. The highest BCUT2D eigenvalue weighted by Gasteiger charge is 2.02. The quantitative estimate of drug-likeness (QED) is 0.154. The molecule has 0 heterocycles. The third kappa shape index (κ3) is 19.2. The van der Waals surface area contributed by atoms with E-state index < -0.39 is 0 Å². The normalized spacial score (nSPS) is 10.7. The molecule has 0 rings (SSSR count). The monoisotopic (exact) mass is 324 g/mol. The lowest BCUT2D eigenvalue weighted by molar-refractivity contribution is -0.143. The number of carbonyl (C=O) groups excluding carboxylic acids is 1. The van der Waals surface area contributed by atoms with E-state index in [1.54, 1.807) is 0 Å². The second kappa shape index (κ2) is 19.3. The van der Waals surface area contributed by atoms with Gasteiger partial charge in [0, 0.05) is 6.42 Å². The van der Waals surface area contributed by atoms with Gasteiger partial charge in [0.25, 0.3) is 0 Å². The van der Waals surface area contributed by atoms with Crippen LogP contribution in [0.15, 0.2) is 12.7 Å². The summed E-state index contributed by atoms with van der Waals surface area (Å²) in [5, 5.41) is 0. The van der Waals surface area contributed by atoms with Gasteiger partial charge in [0.1, 0.15) is 0 Å². The van der Waals surface area contributed by atoms with Crippen LogP contribution in [0.1, 0.15) is 110 Å². The average molecular weight is 325 g/mol. The molecule has 136 valence electrons. The van der Waals surface area contributed by atoms with E-state index in [9.17, 15) is 4.79 Å². The minimum absolute atomic E-state index is 0.00182. The van der Waals surface area contributed by atoms with Crippen molar-refractivity contribution in [2.45, 2.75) is 110 Å². The first-order chi connectivity index (χ1) is 11.3. The van der Waals surface area contributed by atoms with E-state index in [1.165, 1.54) is 77.0 Å². The van der Waals surface area contributed by atoms with Crippen LogP contribution in [0.5, 0.6) is 0 Å². The molecule has 0 amide bonds. The molecule has 23 heavy (non-hydrogen) atoms. The van der Waals surface area contributed by atoms with Crippen LogP contribution < -0.4 is 0 Å². The molecule has 0 bridgehead atoms. The maximum Gasteiger partial charge on any atom is 0.305 e. The van der Waals surface area contributed by atoms with E-state index in [1.807, 2.05) is 6.08 Å². The smallest absolute Gasteiger partial charge is 0.305 e. The van der Waals surface area contributed by atoms with Crippen molar-refractivity contribution in [3.8, 4) is 0 Å². The Morgan fingerprint density at radius 2 is 1.30 bits per heavy atom. The maximum absolute atomic E-state index is 11.6. The summed E-state index contributed by atoms with van der Waals surface area (Å²) in [7, 11) is 0. The fraction of sp³-hybridized carbons (Fsp3) is 0.857. The first kappa shape index (κ1) is 22.2. The lowest BCUT2D eigenvalue weighted by Gasteiger charge is -2.05. The molecular formula is C21H40O2. The maximum atomic E-state index is 11.6. The zero-order valence-corrected chi connectivity index (χ0v) is 15.6. The fourth-order valence-corrected chi connectivity index (χ4v) is 2.76. The van der Waals surface area contributed by atoms with E-state index in [2.05, 4.69) is 13.5 Å². The molecule has 0 saturated heterocycles. The lowest BCUT2D eigenvalue weighted by Crippen LogP contribution is -2.05. The van der Waals surface area contributed by atoms with Gasteiger partial charge in [-0.2, -0.15) is 0 Å². The van der Waals surface area contributed by atoms with Crippen molar-refractivity contribution >= 4 is 5.97 Å². The predicted octanol–water partition coefficient (Wildman–Crippen LogP) is 6.98. The molecule has 2 heteroatoms. The molecular weight excluding hydrogens is 284 g/mol. The summed E-state index contributed by atoms with van der Waals surface area (Å²) >= 11 is 0. The molecule has 0 N–H and O–H groups in total. The SMILES string of the molecule is C=CCCCCCCCCOC(=O)CCCCCCCCCC. The molecule has 0 aliphatic carbocycles. The standard InChI is InChI=1S/C21H40O2/c1-3-5-7-9-11-13-15-17-19-21(22)23-20-18-16-14-12-10-8-6-4-2/h4H,2-3,5-20H2,1H3. The molecule has 0 aliphatic heterocycles. The Kier molecular flexibility index (Phi) is 18.6. The highest BCUT2D eigenvalue weighted by Crippen LogP contribution is 2.10. The van der Waals surface area contributed by atoms with Crippen LogP contribution >= 0.6 is 0 Å². The number of allylic oxidation sites excluding steroid dienone is 1. The molecule has 2 nitrogen and oxygen atoms in total. The summed E-state index contributed by atoms with van der Waals surface area (Å²) in [6.07, 6.45) is 21.2. The summed E-state index contributed by atoms with van der Waals surface area (Å²) in [6, 6.07) is 0. The second-order valence-electron chi connectivity index (χ2n) is 6.64. The van der Waals surface area contributed by atoms with Gasteiger partial charge in [-0.3, -0.25) is 4.79 Å². The Balaban J connectivity index is 3.14. The second-order valence-corrected chi connectivity index (χ2v) is 6.64. The molecule has 0 aromatic carbocycles. The Hall–Kier alpha value is -0.790. The summed E-state index contributed by atoms with van der Waals surface area (Å²) < 4.78 is 5.29. The molecule has 0 aromatic rings. The molecule has 0 unspecified atom stereocenters. The van der Waals surface area contributed by atoms with E-state index >= 15 is 0 Å². The molecule has 0 aliphatic rings. The molecule has 0 spiro atoms. The Labute approximate surface area is 145 Å². The average Bonchev–Trinajstić information content (AvgIpc) is 2.56. The summed E-state index contributed by atoms with van der Waals surface area (Å²) in [5.41, 5.74) is 0. The van der Waals surface area contributed by atoms with E-state index in [-0.39, 0.29) is 5.97 Å². The topological polar surface area (TPSA) is 26.3 Å². The molecule has 0 atom stereocenters. The number of unbranched alkanes of at least 4 members (excludes halogenated alkanes) is 13. The van der Waals surface area contributed by atoms with E-state index in [0.717, 1.165) is 19.3 Å². The van der Waals surface area contributed by atoms with Gasteiger partial charge >= 0.3 is 5.97 Å². The minimum Gasteiger partial charge on any atom is -0.466 e. The van der Waals surface area contributed by atoms with Gasteiger partial charge in [0.05, 0.1) is 6.61 Å². The van der Waals surface area contributed by atoms with Crippen molar-refractivity contribution in [2.75, 3.05) is 6.61 Å². The zero-order valence-electron chi connectivity index (χ0n) is 15.6. The molecule has 0 fully saturated rings. The first-order valence-electron chi connectivity index (χ1n) is 10.1. The van der Waals surface area contributed by atoms with Crippen LogP contribution in [-0.2, 0) is 9.53 Å². The zero-order chi connectivity index (χ0) is 17.0. The third-order valence-corrected chi connectivity index (χ3v) is 4.30. The minimum atomic E-state index is 0.00182. The molecule has 0 radical (unpaired) electrons. The van der Waals surface area contributed by atoms with E-state index in [0.29, 0.717) is 13.0 Å². The number of rotatable bonds is 18. The number of carbonyl (C=O) groups is 1.